The molecule has 0 unspecified atom stereocenters. The highest BCUT2D eigenvalue weighted by atomic mass is 16.5. The third-order valence-corrected chi connectivity index (χ3v) is 3.20. The van der Waals surface area contributed by atoms with Crippen molar-refractivity contribution in [3.05, 3.63) is 36.2 Å². The summed E-state index contributed by atoms with van der Waals surface area (Å²) in [6, 6.07) is 6.10. The van der Waals surface area contributed by atoms with E-state index in [-0.39, 0.29) is 5.97 Å². The van der Waals surface area contributed by atoms with Gasteiger partial charge in [0.25, 0.3) is 0 Å². The molecule has 0 saturated carbocycles. The van der Waals surface area contributed by atoms with Crippen molar-refractivity contribution in [2.24, 2.45) is 0 Å². The molecule has 4 nitrogen and oxygen atoms in total. The Morgan fingerprint density at radius 2 is 2.16 bits per heavy atom. The average Bonchev–Trinajstić information content (AvgIpc) is 2.43. The maximum atomic E-state index is 11.0. The number of rotatable bonds is 5. The standard InChI is InChI=1S/C15H18N2O2/c1-19-14(18)8-3-2-5-11-6-4-7-12-9-17-10-13(16)15(11)12/h4,6-7,9-10H,2-3,5,8,16H2,1H3. The lowest BCUT2D eigenvalue weighted by Gasteiger charge is -2.08. The lowest BCUT2D eigenvalue weighted by Crippen LogP contribution is -2.00. The number of methoxy groups -OCH3 is 1. The van der Waals surface area contributed by atoms with E-state index in [2.05, 4.69) is 15.8 Å². The van der Waals surface area contributed by atoms with Crippen LogP contribution in [-0.4, -0.2) is 18.1 Å². The van der Waals surface area contributed by atoms with Crippen LogP contribution in [0.1, 0.15) is 24.8 Å². The zero-order valence-corrected chi connectivity index (χ0v) is 11.1. The van der Waals surface area contributed by atoms with E-state index in [9.17, 15) is 4.79 Å². The number of aryl methyl sites for hydroxylation is 1. The predicted molar refractivity (Wildman–Crippen MR) is 75.7 cm³/mol. The summed E-state index contributed by atoms with van der Waals surface area (Å²) in [6.07, 6.45) is 6.65. The Morgan fingerprint density at radius 1 is 1.32 bits per heavy atom. The number of unbranched alkanes of at least 4 members (excludes halogenated alkanes) is 1. The number of benzene rings is 1. The molecule has 19 heavy (non-hydrogen) atoms. The number of hydrogen-bond acceptors (Lipinski definition) is 4. The Morgan fingerprint density at radius 3 is 2.95 bits per heavy atom. The molecule has 100 valence electrons. The number of aromatic nitrogens is 1. The highest BCUT2D eigenvalue weighted by molar-refractivity contribution is 5.94. The summed E-state index contributed by atoms with van der Waals surface area (Å²) in [7, 11) is 1.42. The molecule has 1 heterocycles. The van der Waals surface area contributed by atoms with E-state index in [1.165, 1.54) is 12.7 Å². The molecule has 0 aliphatic rings. The quantitative estimate of drug-likeness (QED) is 0.661. The SMILES string of the molecule is COC(=O)CCCCc1cccc2cncc(N)c12. The number of nitrogens with two attached hydrogens (primary N) is 1. The molecule has 0 atom stereocenters. The predicted octanol–water partition coefficient (Wildman–Crippen LogP) is 2.70. The summed E-state index contributed by atoms with van der Waals surface area (Å²) in [5.41, 5.74) is 7.91. The molecule has 2 N–H and O–H groups in total. The van der Waals surface area contributed by atoms with Crippen molar-refractivity contribution in [1.29, 1.82) is 0 Å². The molecule has 0 amide bonds. The largest absolute Gasteiger partial charge is 0.469 e. The van der Waals surface area contributed by atoms with Crippen molar-refractivity contribution in [3.63, 3.8) is 0 Å². The van der Waals surface area contributed by atoms with Gasteiger partial charge < -0.3 is 10.5 Å². The van der Waals surface area contributed by atoms with Crippen LogP contribution in [0.2, 0.25) is 0 Å². The smallest absolute Gasteiger partial charge is 0.305 e. The first kappa shape index (κ1) is 13.3. The highest BCUT2D eigenvalue weighted by Crippen LogP contribution is 2.25. The van der Waals surface area contributed by atoms with E-state index in [1.807, 2.05) is 18.3 Å². The molecule has 0 spiro atoms. The first-order chi connectivity index (χ1) is 9.22. The molecule has 2 aromatic rings. The van der Waals surface area contributed by atoms with Crippen molar-refractivity contribution in [2.75, 3.05) is 12.8 Å². The second kappa shape index (κ2) is 6.18. The van der Waals surface area contributed by atoms with E-state index >= 15 is 0 Å². The van der Waals surface area contributed by atoms with Gasteiger partial charge in [0.1, 0.15) is 0 Å². The number of nitrogen functional groups attached to an aromatic ring is 1. The van der Waals surface area contributed by atoms with Crippen LogP contribution in [0.25, 0.3) is 10.8 Å². The maximum Gasteiger partial charge on any atom is 0.305 e. The zero-order valence-electron chi connectivity index (χ0n) is 11.1. The molecule has 0 aliphatic heterocycles. The molecule has 2 rings (SSSR count). The lowest BCUT2D eigenvalue weighted by atomic mass is 10.00. The van der Waals surface area contributed by atoms with Gasteiger partial charge in [-0.2, -0.15) is 0 Å². The fraction of sp³-hybridized carbons (Fsp3) is 0.333. The third kappa shape index (κ3) is 3.22. The van der Waals surface area contributed by atoms with Gasteiger partial charge in [0.15, 0.2) is 0 Å². The number of carbonyl (C=O) groups excluding carboxylic acids is 1. The monoisotopic (exact) mass is 258 g/mol. The van der Waals surface area contributed by atoms with Gasteiger partial charge in [-0.3, -0.25) is 9.78 Å². The fourth-order valence-corrected chi connectivity index (χ4v) is 2.24. The Kier molecular flexibility index (Phi) is 4.34. The molecule has 0 bridgehead atoms. The van der Waals surface area contributed by atoms with E-state index in [0.29, 0.717) is 12.1 Å². The molecule has 0 radical (unpaired) electrons. The van der Waals surface area contributed by atoms with Crippen molar-refractivity contribution < 1.29 is 9.53 Å². The van der Waals surface area contributed by atoms with Crippen molar-refractivity contribution >= 4 is 22.4 Å². The van der Waals surface area contributed by atoms with Crippen LogP contribution < -0.4 is 5.73 Å². The minimum absolute atomic E-state index is 0.151. The van der Waals surface area contributed by atoms with Gasteiger partial charge in [0, 0.05) is 23.4 Å². The van der Waals surface area contributed by atoms with Crippen LogP contribution in [0.5, 0.6) is 0 Å². The van der Waals surface area contributed by atoms with Gasteiger partial charge in [0.05, 0.1) is 19.0 Å². The number of fused-ring (bicyclic) bond motifs is 1. The summed E-state index contributed by atoms with van der Waals surface area (Å²) in [6.45, 7) is 0. The third-order valence-electron chi connectivity index (χ3n) is 3.20. The van der Waals surface area contributed by atoms with Gasteiger partial charge in [-0.05, 0) is 24.8 Å². The second-order valence-electron chi connectivity index (χ2n) is 4.53. The van der Waals surface area contributed by atoms with Crippen molar-refractivity contribution in [1.82, 2.24) is 4.98 Å². The number of carbonyl (C=O) groups is 1. The highest BCUT2D eigenvalue weighted by Gasteiger charge is 2.05. The summed E-state index contributed by atoms with van der Waals surface area (Å²) in [4.78, 5) is 15.1. The summed E-state index contributed by atoms with van der Waals surface area (Å²) in [5.74, 6) is -0.151. The van der Waals surface area contributed by atoms with E-state index in [0.717, 1.165) is 30.0 Å². The Balaban J connectivity index is 2.07. The first-order valence-electron chi connectivity index (χ1n) is 6.40. The van der Waals surface area contributed by atoms with Crippen LogP contribution in [0, 0.1) is 0 Å². The van der Waals surface area contributed by atoms with E-state index in [1.54, 1.807) is 6.20 Å². The summed E-state index contributed by atoms with van der Waals surface area (Å²) >= 11 is 0. The van der Waals surface area contributed by atoms with Gasteiger partial charge in [-0.15, -0.1) is 0 Å². The molecule has 1 aromatic carbocycles. The van der Waals surface area contributed by atoms with Crippen molar-refractivity contribution in [2.45, 2.75) is 25.7 Å². The number of anilines is 1. The minimum atomic E-state index is -0.151. The minimum Gasteiger partial charge on any atom is -0.469 e. The molecule has 4 heteroatoms. The first-order valence-corrected chi connectivity index (χ1v) is 6.40. The maximum absolute atomic E-state index is 11.0. The van der Waals surface area contributed by atoms with Crippen LogP contribution in [0.4, 0.5) is 5.69 Å². The number of ether oxygens (including phenoxy) is 1. The number of pyridine rings is 1. The van der Waals surface area contributed by atoms with Crippen LogP contribution in [0.15, 0.2) is 30.6 Å². The van der Waals surface area contributed by atoms with Gasteiger partial charge in [-0.1, -0.05) is 18.2 Å². The summed E-state index contributed by atoms with van der Waals surface area (Å²) < 4.78 is 4.62. The zero-order chi connectivity index (χ0) is 13.7. The second-order valence-corrected chi connectivity index (χ2v) is 4.53. The summed E-state index contributed by atoms with van der Waals surface area (Å²) in [5, 5.41) is 2.14. The van der Waals surface area contributed by atoms with Crippen LogP contribution in [-0.2, 0) is 16.0 Å². The van der Waals surface area contributed by atoms with E-state index in [4.69, 9.17) is 5.73 Å². The normalized spacial score (nSPS) is 10.6. The molecule has 0 saturated heterocycles. The van der Waals surface area contributed by atoms with E-state index < -0.39 is 0 Å². The number of esters is 1. The van der Waals surface area contributed by atoms with Crippen LogP contribution in [0.3, 0.4) is 0 Å². The molecule has 0 aliphatic carbocycles. The fourth-order valence-electron chi connectivity index (χ4n) is 2.24. The van der Waals surface area contributed by atoms with Crippen LogP contribution >= 0.6 is 0 Å². The van der Waals surface area contributed by atoms with Crippen molar-refractivity contribution in [3.8, 4) is 0 Å². The average molecular weight is 258 g/mol. The topological polar surface area (TPSA) is 65.2 Å². The number of hydrogen-bond donors (Lipinski definition) is 1. The Bertz CT molecular complexity index is 576. The molecule has 0 fully saturated rings. The van der Waals surface area contributed by atoms with Gasteiger partial charge in [0.2, 0.25) is 0 Å². The molecule has 1 aromatic heterocycles. The lowest BCUT2D eigenvalue weighted by molar-refractivity contribution is -0.140. The number of nitrogens with zero attached hydrogens (tertiary/aromatic N) is 1. The Labute approximate surface area is 112 Å². The molecular formula is C15H18N2O2. The van der Waals surface area contributed by atoms with Gasteiger partial charge in [-0.25, -0.2) is 0 Å². The molecular weight excluding hydrogens is 240 g/mol. The van der Waals surface area contributed by atoms with Gasteiger partial charge >= 0.3 is 5.97 Å². The Hall–Kier alpha value is -2.10.